The molecule has 1 aliphatic rings. The molecule has 1 aliphatic carbocycles. The Bertz CT molecular complexity index is 1960. The molecule has 12 heteroatoms. The summed E-state index contributed by atoms with van der Waals surface area (Å²) in [5.74, 6) is -0.971. The van der Waals surface area contributed by atoms with E-state index in [-0.39, 0.29) is 36.2 Å². The van der Waals surface area contributed by atoms with Gasteiger partial charge in [-0.1, -0.05) is 36.4 Å². The van der Waals surface area contributed by atoms with Crippen LogP contribution in [0.2, 0.25) is 0 Å². The smallest absolute Gasteiger partial charge is 0.337 e. The van der Waals surface area contributed by atoms with Crippen molar-refractivity contribution in [2.24, 2.45) is 0 Å². The number of anilines is 2. The highest BCUT2D eigenvalue weighted by Crippen LogP contribution is 2.39. The van der Waals surface area contributed by atoms with E-state index in [1.165, 1.54) is 18.4 Å². The van der Waals surface area contributed by atoms with Crippen molar-refractivity contribution in [2.75, 3.05) is 30.5 Å². The second kappa shape index (κ2) is 19.7. The second-order valence-electron chi connectivity index (χ2n) is 13.7. The minimum Gasteiger partial charge on any atom is -0.465 e. The fourth-order valence-electron chi connectivity index (χ4n) is 6.56. The average molecular weight is 772 g/mol. The number of methoxy groups -OCH3 is 1. The van der Waals surface area contributed by atoms with E-state index in [2.05, 4.69) is 10.6 Å². The highest BCUT2D eigenvalue weighted by Gasteiger charge is 2.27. The first-order chi connectivity index (χ1) is 26.1. The van der Waals surface area contributed by atoms with E-state index in [1.54, 1.807) is 42.2 Å². The van der Waals surface area contributed by atoms with E-state index < -0.39 is 8.03 Å². The van der Waals surface area contributed by atoms with E-state index in [4.69, 9.17) is 9.26 Å². The summed E-state index contributed by atoms with van der Waals surface area (Å²) < 4.78 is 21.9. The molecule has 1 heterocycles. The summed E-state index contributed by atoms with van der Waals surface area (Å²) in [6.07, 6.45) is 6.41. The molecule has 0 radical (unpaired) electrons. The van der Waals surface area contributed by atoms with E-state index in [0.717, 1.165) is 65.7 Å². The van der Waals surface area contributed by atoms with Crippen LogP contribution in [0, 0.1) is 0 Å². The van der Waals surface area contributed by atoms with Crippen LogP contribution in [0.25, 0.3) is 0 Å². The van der Waals surface area contributed by atoms with E-state index >= 15 is 0 Å². The molecule has 1 aromatic heterocycles. The Morgan fingerprint density at radius 1 is 0.852 bits per heavy atom. The molecule has 3 amide bonds. The van der Waals surface area contributed by atoms with Gasteiger partial charge in [0, 0.05) is 41.3 Å². The molecule has 286 valence electrons. The maximum Gasteiger partial charge on any atom is 0.337 e. The fraction of sp³-hybridized carbons (Fsp3) is 0.381. The van der Waals surface area contributed by atoms with Gasteiger partial charge in [0.2, 0.25) is 5.91 Å². The number of nitrogens with zero attached hydrogens (tertiary/aromatic N) is 1. The van der Waals surface area contributed by atoms with Crippen LogP contribution in [0.5, 0.6) is 0 Å². The fourth-order valence-corrected chi connectivity index (χ4v) is 8.77. The molecule has 10 nitrogen and oxygen atoms in total. The van der Waals surface area contributed by atoms with Crippen molar-refractivity contribution in [2.45, 2.75) is 84.7 Å². The quantitative estimate of drug-likeness (QED) is 0.0811. The molecule has 0 fully saturated rings. The molecular weight excluding hydrogens is 722 g/mol. The third-order valence-electron chi connectivity index (χ3n) is 9.48. The molecule has 0 saturated carbocycles. The highest BCUT2D eigenvalue weighted by atomic mass is 32.1. The zero-order chi connectivity index (χ0) is 38.6. The second-order valence-corrected chi connectivity index (χ2v) is 16.3. The van der Waals surface area contributed by atoms with Gasteiger partial charge in [-0.3, -0.25) is 18.9 Å². The predicted molar refractivity (Wildman–Crippen MR) is 215 cm³/mol. The number of esters is 1. The van der Waals surface area contributed by atoms with Crippen LogP contribution in [-0.4, -0.2) is 54.5 Å². The molecule has 0 spiro atoms. The first kappa shape index (κ1) is 40.6. The Labute approximate surface area is 322 Å². The Morgan fingerprint density at radius 2 is 1.54 bits per heavy atom. The molecule has 4 aromatic rings. The number of hydrogen-bond donors (Lipinski definition) is 2. The lowest BCUT2D eigenvalue weighted by Gasteiger charge is -2.27. The zero-order valence-electron chi connectivity index (χ0n) is 31.5. The number of carbonyl (C=O) groups is 4. The molecular formula is C42H50N3O7PS. The third kappa shape index (κ3) is 11.0. The number of benzene rings is 3. The minimum absolute atomic E-state index is 0.0375. The number of ether oxygens (including phenoxy) is 1. The molecule has 5 rings (SSSR count). The van der Waals surface area contributed by atoms with Gasteiger partial charge < -0.3 is 24.8 Å². The number of hydrogen-bond acceptors (Lipinski definition) is 8. The number of aryl methyl sites for hydroxylation is 3. The van der Waals surface area contributed by atoms with Crippen molar-refractivity contribution in [1.29, 1.82) is 0 Å². The van der Waals surface area contributed by atoms with Crippen molar-refractivity contribution < 1.29 is 33.0 Å². The van der Waals surface area contributed by atoms with E-state index in [1.807, 2.05) is 56.3 Å². The summed E-state index contributed by atoms with van der Waals surface area (Å²) in [5, 5.41) is 6.65. The van der Waals surface area contributed by atoms with Gasteiger partial charge in [0.05, 0.1) is 24.8 Å². The molecule has 1 atom stereocenters. The standard InChI is InChI=1S/C42H50N3O7PS/c1-5-52-53(50)25-9-14-37(46)45(28(2)3)27-31-10-8-11-33(26-31)39(47)44-41-38(35-12-6-7-13-36(35)54-41)40(48)43-34-23-19-30(20-24-34)16-15-29-17-21-32(22-18-29)42(49)51-4/h8,10-11,17-24,26,28,53H,5-7,9,12-16,25,27H2,1-4H3,(H,43,48)(H,44,47). The number of amides is 3. The van der Waals surface area contributed by atoms with Gasteiger partial charge >= 0.3 is 5.97 Å². The number of thiophene rings is 1. The Morgan fingerprint density at radius 3 is 2.20 bits per heavy atom. The van der Waals surface area contributed by atoms with Gasteiger partial charge in [-0.15, -0.1) is 11.3 Å². The minimum atomic E-state index is -2.12. The van der Waals surface area contributed by atoms with Crippen LogP contribution in [-0.2, 0) is 50.8 Å². The summed E-state index contributed by atoms with van der Waals surface area (Å²) in [7, 11) is -0.753. The van der Waals surface area contributed by atoms with Gasteiger partial charge in [-0.2, -0.15) is 0 Å². The topological polar surface area (TPSA) is 131 Å². The van der Waals surface area contributed by atoms with Gasteiger partial charge in [0.25, 0.3) is 11.8 Å². The molecule has 2 N–H and O–H groups in total. The summed E-state index contributed by atoms with van der Waals surface area (Å²) in [6, 6.07) is 22.3. The average Bonchev–Trinajstić information content (AvgIpc) is 3.54. The molecule has 3 aromatic carbocycles. The zero-order valence-corrected chi connectivity index (χ0v) is 33.3. The van der Waals surface area contributed by atoms with Crippen LogP contribution in [0.1, 0.15) is 105 Å². The maximum absolute atomic E-state index is 13.9. The maximum atomic E-state index is 13.9. The van der Waals surface area contributed by atoms with Crippen LogP contribution in [0.4, 0.5) is 10.7 Å². The Kier molecular flexibility index (Phi) is 14.8. The van der Waals surface area contributed by atoms with Crippen molar-refractivity contribution >= 4 is 53.7 Å². The monoisotopic (exact) mass is 771 g/mol. The van der Waals surface area contributed by atoms with E-state index in [9.17, 15) is 23.7 Å². The Balaban J connectivity index is 1.23. The van der Waals surface area contributed by atoms with Gasteiger partial charge in [0.15, 0.2) is 8.03 Å². The van der Waals surface area contributed by atoms with E-state index in [0.29, 0.717) is 53.1 Å². The summed E-state index contributed by atoms with van der Waals surface area (Å²) in [4.78, 5) is 55.3. The van der Waals surface area contributed by atoms with Crippen molar-refractivity contribution in [1.82, 2.24) is 4.90 Å². The van der Waals surface area contributed by atoms with Crippen molar-refractivity contribution in [3.63, 3.8) is 0 Å². The van der Waals surface area contributed by atoms with Crippen LogP contribution in [0.3, 0.4) is 0 Å². The van der Waals surface area contributed by atoms with Gasteiger partial charge in [-0.05, 0) is 124 Å². The summed E-state index contributed by atoms with van der Waals surface area (Å²) in [5.41, 5.74) is 6.18. The first-order valence-electron chi connectivity index (χ1n) is 18.6. The lowest BCUT2D eigenvalue weighted by molar-refractivity contribution is -0.133. The largest absolute Gasteiger partial charge is 0.465 e. The lowest BCUT2D eigenvalue weighted by atomic mass is 9.95. The van der Waals surface area contributed by atoms with Gasteiger partial charge in [0.1, 0.15) is 5.00 Å². The third-order valence-corrected chi connectivity index (χ3v) is 12.1. The normalized spacial score (nSPS) is 12.8. The highest BCUT2D eigenvalue weighted by molar-refractivity contribution is 7.39. The summed E-state index contributed by atoms with van der Waals surface area (Å²) in [6.45, 7) is 6.44. The number of rotatable bonds is 17. The lowest BCUT2D eigenvalue weighted by Crippen LogP contribution is -2.36. The predicted octanol–water partition coefficient (Wildman–Crippen LogP) is 8.73. The SMILES string of the molecule is CCO[PH](=O)CCCC(=O)N(Cc1cccc(C(=O)Nc2sc3c(c2C(=O)Nc2ccc(CCc4ccc(C(=O)OC)cc4)cc2)CCCC3)c1)C(C)C. The Hall–Kier alpha value is -4.57. The van der Waals surface area contributed by atoms with Crippen molar-refractivity contribution in [3.05, 3.63) is 117 Å². The molecule has 1 unspecified atom stereocenters. The van der Waals surface area contributed by atoms with Crippen LogP contribution < -0.4 is 10.6 Å². The summed E-state index contributed by atoms with van der Waals surface area (Å²) >= 11 is 1.47. The number of carbonyl (C=O) groups excluding carboxylic acids is 4. The molecule has 0 bridgehead atoms. The number of fused-ring (bicyclic) bond motifs is 1. The first-order valence-corrected chi connectivity index (χ1v) is 21.0. The molecule has 54 heavy (non-hydrogen) atoms. The number of nitrogens with one attached hydrogen (secondary N) is 2. The van der Waals surface area contributed by atoms with Gasteiger partial charge in [-0.25, -0.2) is 4.79 Å². The van der Waals surface area contributed by atoms with Crippen LogP contribution >= 0.6 is 19.4 Å². The molecule has 0 aliphatic heterocycles. The van der Waals surface area contributed by atoms with Crippen LogP contribution in [0.15, 0.2) is 72.8 Å². The van der Waals surface area contributed by atoms with Crippen molar-refractivity contribution in [3.8, 4) is 0 Å². The molecule has 0 saturated heterocycles.